The molecule has 8 heteroatoms. The Balaban J connectivity index is 4.02. The summed E-state index contributed by atoms with van der Waals surface area (Å²) in [6.45, 7) is 8.99. The zero-order valence-electron chi connectivity index (χ0n) is 13.9. The molecule has 0 aromatic rings. The number of carbonyl (C=O) groups excluding carboxylic acids is 2. The number of carboxylic acids is 1. The summed E-state index contributed by atoms with van der Waals surface area (Å²) in [4.78, 5) is 33.8. The monoisotopic (exact) mass is 330 g/mol. The van der Waals surface area contributed by atoms with Crippen molar-refractivity contribution in [1.29, 1.82) is 0 Å². The summed E-state index contributed by atoms with van der Waals surface area (Å²) in [5.41, 5.74) is -0.692. The highest BCUT2D eigenvalue weighted by Crippen LogP contribution is 2.08. The number of rotatable bonds is 9. The van der Waals surface area contributed by atoms with Gasteiger partial charge in [0, 0.05) is 6.54 Å². The van der Waals surface area contributed by atoms with Crippen molar-refractivity contribution in [1.82, 2.24) is 10.6 Å². The van der Waals surface area contributed by atoms with Gasteiger partial charge < -0.3 is 25.2 Å². The molecular weight excluding hydrogens is 304 g/mol. The van der Waals surface area contributed by atoms with E-state index in [9.17, 15) is 14.4 Å². The molecule has 23 heavy (non-hydrogen) atoms. The Morgan fingerprint density at radius 3 is 2.39 bits per heavy atom. The Hall–Kier alpha value is -2.25. The van der Waals surface area contributed by atoms with Crippen LogP contribution in [0.25, 0.3) is 0 Å². The van der Waals surface area contributed by atoms with Crippen molar-refractivity contribution >= 4 is 18.2 Å². The summed E-state index contributed by atoms with van der Waals surface area (Å²) in [5, 5.41) is 13.9. The van der Waals surface area contributed by atoms with E-state index in [0.29, 0.717) is 19.4 Å². The summed E-state index contributed by atoms with van der Waals surface area (Å²) < 4.78 is 9.74. The van der Waals surface area contributed by atoms with Crippen LogP contribution in [-0.2, 0) is 14.3 Å². The van der Waals surface area contributed by atoms with Crippen molar-refractivity contribution in [3.63, 3.8) is 0 Å². The average molecular weight is 330 g/mol. The van der Waals surface area contributed by atoms with Crippen LogP contribution in [-0.4, -0.2) is 48.1 Å². The predicted molar refractivity (Wildman–Crippen MR) is 84.2 cm³/mol. The van der Waals surface area contributed by atoms with Gasteiger partial charge in [0.05, 0.1) is 0 Å². The minimum atomic E-state index is -1.13. The first kappa shape index (κ1) is 20.8. The van der Waals surface area contributed by atoms with E-state index in [1.165, 1.54) is 6.08 Å². The van der Waals surface area contributed by atoms with E-state index >= 15 is 0 Å². The number of ether oxygens (including phenoxy) is 2. The number of carboxylic acid groups (broad SMARTS) is 1. The average Bonchev–Trinajstić information content (AvgIpc) is 2.41. The number of nitrogens with one attached hydrogen (secondary N) is 2. The van der Waals surface area contributed by atoms with Gasteiger partial charge in [0.2, 0.25) is 0 Å². The molecule has 0 aliphatic carbocycles. The van der Waals surface area contributed by atoms with Crippen LogP contribution in [0.15, 0.2) is 12.7 Å². The Morgan fingerprint density at radius 2 is 1.87 bits per heavy atom. The third kappa shape index (κ3) is 12.0. The fourth-order valence-electron chi connectivity index (χ4n) is 1.56. The molecule has 0 spiro atoms. The zero-order chi connectivity index (χ0) is 17.9. The van der Waals surface area contributed by atoms with Crippen molar-refractivity contribution in [2.24, 2.45) is 0 Å². The normalized spacial score (nSPS) is 12.0. The first-order valence-electron chi connectivity index (χ1n) is 7.39. The first-order chi connectivity index (χ1) is 10.7. The highest BCUT2D eigenvalue weighted by Gasteiger charge is 2.23. The second-order valence-electron chi connectivity index (χ2n) is 5.85. The van der Waals surface area contributed by atoms with Crippen molar-refractivity contribution in [3.8, 4) is 0 Å². The number of amides is 2. The number of carbonyl (C=O) groups is 3. The van der Waals surface area contributed by atoms with Gasteiger partial charge in [-0.15, -0.1) is 0 Å². The minimum Gasteiger partial charge on any atom is -0.480 e. The maximum Gasteiger partial charge on any atom is 0.408 e. The van der Waals surface area contributed by atoms with E-state index in [-0.39, 0.29) is 13.0 Å². The lowest BCUT2D eigenvalue weighted by Gasteiger charge is -2.22. The molecule has 0 radical (unpaired) electrons. The molecule has 0 aromatic heterocycles. The molecule has 0 aliphatic heterocycles. The number of hydrogen-bond donors (Lipinski definition) is 3. The van der Waals surface area contributed by atoms with Gasteiger partial charge in [-0.25, -0.2) is 14.4 Å². The van der Waals surface area contributed by atoms with Crippen LogP contribution in [0.5, 0.6) is 0 Å². The molecule has 0 fully saturated rings. The van der Waals surface area contributed by atoms with E-state index in [0.717, 1.165) is 0 Å². The molecule has 1 atom stereocenters. The second kappa shape index (κ2) is 10.5. The van der Waals surface area contributed by atoms with Crippen LogP contribution < -0.4 is 10.6 Å². The van der Waals surface area contributed by atoms with Crippen LogP contribution in [0.2, 0.25) is 0 Å². The van der Waals surface area contributed by atoms with E-state index in [4.69, 9.17) is 14.6 Å². The fraction of sp³-hybridized carbons (Fsp3) is 0.667. The Morgan fingerprint density at radius 1 is 1.22 bits per heavy atom. The third-order valence-corrected chi connectivity index (χ3v) is 2.51. The zero-order valence-corrected chi connectivity index (χ0v) is 13.9. The molecule has 8 nitrogen and oxygen atoms in total. The smallest absolute Gasteiger partial charge is 0.408 e. The van der Waals surface area contributed by atoms with Crippen LogP contribution in [0, 0.1) is 0 Å². The minimum absolute atomic E-state index is 0.132. The molecule has 0 saturated heterocycles. The van der Waals surface area contributed by atoms with Gasteiger partial charge in [0.1, 0.15) is 18.2 Å². The summed E-state index contributed by atoms with van der Waals surface area (Å²) in [6.07, 6.45) is 1.44. The summed E-state index contributed by atoms with van der Waals surface area (Å²) in [6, 6.07) is -1.03. The largest absolute Gasteiger partial charge is 0.480 e. The molecule has 3 N–H and O–H groups in total. The van der Waals surface area contributed by atoms with Crippen LogP contribution in [0.4, 0.5) is 9.59 Å². The van der Waals surface area contributed by atoms with Gasteiger partial charge in [-0.05, 0) is 40.0 Å². The highest BCUT2D eigenvalue weighted by atomic mass is 16.6. The van der Waals surface area contributed by atoms with Crippen LogP contribution >= 0.6 is 0 Å². The fourth-order valence-corrected chi connectivity index (χ4v) is 1.56. The standard InChI is InChI=1S/C15H26N2O6/c1-5-10-22-13(20)16-9-7-6-8-11(12(18)19)17-14(21)23-15(2,3)4/h5,11H,1,6-10H2,2-4H3,(H,16,20)(H,17,21)(H,18,19). The second-order valence-corrected chi connectivity index (χ2v) is 5.85. The Bertz CT molecular complexity index is 417. The lowest BCUT2D eigenvalue weighted by Crippen LogP contribution is -2.43. The molecule has 132 valence electrons. The quantitative estimate of drug-likeness (QED) is 0.440. The molecule has 2 amide bonds. The van der Waals surface area contributed by atoms with E-state index in [2.05, 4.69) is 17.2 Å². The van der Waals surface area contributed by atoms with Gasteiger partial charge in [-0.2, -0.15) is 0 Å². The molecular formula is C15H26N2O6. The van der Waals surface area contributed by atoms with Crippen molar-refractivity contribution < 1.29 is 29.0 Å². The van der Waals surface area contributed by atoms with Gasteiger partial charge in [0.25, 0.3) is 0 Å². The maximum absolute atomic E-state index is 11.6. The van der Waals surface area contributed by atoms with Gasteiger partial charge in [0.15, 0.2) is 0 Å². The Kier molecular flexibility index (Phi) is 9.45. The summed E-state index contributed by atoms with van der Waals surface area (Å²) >= 11 is 0. The van der Waals surface area contributed by atoms with Gasteiger partial charge in [-0.3, -0.25) is 0 Å². The van der Waals surface area contributed by atoms with Crippen molar-refractivity contribution in [3.05, 3.63) is 12.7 Å². The molecule has 0 saturated carbocycles. The Labute approximate surface area is 136 Å². The molecule has 0 aromatic carbocycles. The summed E-state index contributed by atoms with van der Waals surface area (Å²) in [5.74, 6) is -1.13. The van der Waals surface area contributed by atoms with Crippen molar-refractivity contribution in [2.45, 2.75) is 51.7 Å². The van der Waals surface area contributed by atoms with Crippen LogP contribution in [0.3, 0.4) is 0 Å². The number of unbranched alkanes of at least 4 members (excludes halogenated alkanes) is 1. The molecule has 0 heterocycles. The predicted octanol–water partition coefficient (Wildman–Crippen LogP) is 2.05. The van der Waals surface area contributed by atoms with Crippen molar-refractivity contribution in [2.75, 3.05) is 13.2 Å². The third-order valence-electron chi connectivity index (χ3n) is 2.51. The van der Waals surface area contributed by atoms with Gasteiger partial charge in [-0.1, -0.05) is 12.7 Å². The molecule has 0 bridgehead atoms. The van der Waals surface area contributed by atoms with E-state index in [1.54, 1.807) is 20.8 Å². The lowest BCUT2D eigenvalue weighted by molar-refractivity contribution is -0.139. The first-order valence-corrected chi connectivity index (χ1v) is 7.39. The molecule has 0 aliphatic rings. The topological polar surface area (TPSA) is 114 Å². The highest BCUT2D eigenvalue weighted by molar-refractivity contribution is 5.79. The van der Waals surface area contributed by atoms with E-state index < -0.39 is 29.8 Å². The number of alkyl carbamates (subject to hydrolysis) is 2. The SMILES string of the molecule is C=CCOC(=O)NCCCCC(NC(=O)OC(C)(C)C)C(=O)O. The lowest BCUT2D eigenvalue weighted by atomic mass is 10.1. The van der Waals surface area contributed by atoms with Crippen LogP contribution in [0.1, 0.15) is 40.0 Å². The molecule has 0 rings (SSSR count). The molecule has 1 unspecified atom stereocenters. The number of aliphatic carboxylic acids is 1. The maximum atomic E-state index is 11.6. The van der Waals surface area contributed by atoms with E-state index in [1.807, 2.05) is 0 Å². The number of hydrogen-bond acceptors (Lipinski definition) is 5. The van der Waals surface area contributed by atoms with Gasteiger partial charge >= 0.3 is 18.2 Å². The summed E-state index contributed by atoms with van der Waals surface area (Å²) in [7, 11) is 0.